The van der Waals surface area contributed by atoms with Gasteiger partial charge in [-0.15, -0.1) is 0 Å². The standard InChI is InChI=1S/C22H32N4O9/c1-10(2)17(22(34)35)25-21(33)18(11(3)27)26-20(32)15(9-16(29)30)24-19(31)14(23)8-12-4-6-13(28)7-5-12/h4-7,10-11,14-15,17-18,27-28H,8-9,23H2,1-3H3,(H,24,31)(H,25,33)(H,26,32)(H,29,30)(H,34,35). The second-order valence-electron chi connectivity index (χ2n) is 8.43. The molecule has 0 aliphatic rings. The van der Waals surface area contributed by atoms with Crippen molar-refractivity contribution in [3.05, 3.63) is 29.8 Å². The zero-order chi connectivity index (χ0) is 26.9. The number of benzene rings is 1. The molecule has 1 aromatic carbocycles. The number of aliphatic hydroxyl groups excluding tert-OH is 1. The number of rotatable bonds is 13. The Labute approximate surface area is 201 Å². The molecule has 5 atom stereocenters. The van der Waals surface area contributed by atoms with E-state index in [1.165, 1.54) is 31.2 Å². The molecule has 0 spiro atoms. The minimum Gasteiger partial charge on any atom is -0.508 e. The molecule has 0 aromatic heterocycles. The molecule has 3 amide bonds. The number of hydrogen-bond acceptors (Lipinski definition) is 8. The molecule has 0 radical (unpaired) electrons. The Hall–Kier alpha value is -3.71. The number of aliphatic carboxylic acids is 2. The highest BCUT2D eigenvalue weighted by Gasteiger charge is 2.34. The molecule has 0 aliphatic carbocycles. The first kappa shape index (κ1) is 29.3. The molecular formula is C22H32N4O9. The van der Waals surface area contributed by atoms with Crippen LogP contribution in [0.1, 0.15) is 32.8 Å². The number of hydrogen-bond donors (Lipinski definition) is 8. The van der Waals surface area contributed by atoms with Crippen LogP contribution in [0.2, 0.25) is 0 Å². The molecule has 13 heteroatoms. The number of carbonyl (C=O) groups is 5. The number of aromatic hydroxyl groups is 1. The summed E-state index contributed by atoms with van der Waals surface area (Å²) >= 11 is 0. The molecule has 1 aromatic rings. The average Bonchev–Trinajstić information content (AvgIpc) is 2.75. The number of nitrogens with one attached hydrogen (secondary N) is 3. The van der Waals surface area contributed by atoms with Crippen LogP contribution in [0.3, 0.4) is 0 Å². The zero-order valence-corrected chi connectivity index (χ0v) is 19.6. The van der Waals surface area contributed by atoms with E-state index in [1.54, 1.807) is 13.8 Å². The third-order valence-corrected chi connectivity index (χ3v) is 5.03. The van der Waals surface area contributed by atoms with Crippen molar-refractivity contribution in [3.8, 4) is 5.75 Å². The number of nitrogens with two attached hydrogens (primary N) is 1. The maximum absolute atomic E-state index is 12.7. The summed E-state index contributed by atoms with van der Waals surface area (Å²) < 4.78 is 0. The van der Waals surface area contributed by atoms with Crippen molar-refractivity contribution in [2.24, 2.45) is 11.7 Å². The lowest BCUT2D eigenvalue weighted by Gasteiger charge is -2.27. The first-order valence-corrected chi connectivity index (χ1v) is 10.8. The van der Waals surface area contributed by atoms with E-state index in [2.05, 4.69) is 16.0 Å². The van der Waals surface area contributed by atoms with Gasteiger partial charge in [-0.05, 0) is 37.0 Å². The Morgan fingerprint density at radius 1 is 0.857 bits per heavy atom. The van der Waals surface area contributed by atoms with Crippen LogP contribution in [0.15, 0.2) is 24.3 Å². The number of amides is 3. The van der Waals surface area contributed by atoms with E-state index >= 15 is 0 Å². The summed E-state index contributed by atoms with van der Waals surface area (Å²) in [5.74, 6) is -6.16. The van der Waals surface area contributed by atoms with Gasteiger partial charge in [-0.3, -0.25) is 19.2 Å². The molecule has 0 heterocycles. The zero-order valence-electron chi connectivity index (χ0n) is 19.6. The number of carboxylic acids is 2. The minimum atomic E-state index is -1.64. The molecular weight excluding hydrogens is 464 g/mol. The van der Waals surface area contributed by atoms with E-state index in [0.29, 0.717) is 5.56 Å². The predicted molar refractivity (Wildman–Crippen MR) is 122 cm³/mol. The summed E-state index contributed by atoms with van der Waals surface area (Å²) in [5, 5.41) is 44.3. The highest BCUT2D eigenvalue weighted by Crippen LogP contribution is 2.11. The summed E-state index contributed by atoms with van der Waals surface area (Å²) in [4.78, 5) is 60.4. The predicted octanol–water partition coefficient (Wildman–Crippen LogP) is -1.69. The van der Waals surface area contributed by atoms with Crippen molar-refractivity contribution in [1.29, 1.82) is 0 Å². The number of carbonyl (C=O) groups excluding carboxylic acids is 3. The number of phenols is 1. The van der Waals surface area contributed by atoms with E-state index in [4.69, 9.17) is 10.8 Å². The largest absolute Gasteiger partial charge is 0.508 e. The van der Waals surface area contributed by atoms with Gasteiger partial charge in [-0.25, -0.2) is 4.79 Å². The van der Waals surface area contributed by atoms with Crippen molar-refractivity contribution in [1.82, 2.24) is 16.0 Å². The number of phenolic OH excluding ortho intramolecular Hbond substituents is 1. The van der Waals surface area contributed by atoms with Gasteiger partial charge in [0.15, 0.2) is 0 Å². The molecule has 5 unspecified atom stereocenters. The van der Waals surface area contributed by atoms with Crippen molar-refractivity contribution in [2.75, 3.05) is 0 Å². The van der Waals surface area contributed by atoms with Crippen LogP contribution >= 0.6 is 0 Å². The normalized spacial score (nSPS) is 15.3. The molecule has 0 bridgehead atoms. The smallest absolute Gasteiger partial charge is 0.326 e. The fraction of sp³-hybridized carbons (Fsp3) is 0.500. The maximum Gasteiger partial charge on any atom is 0.326 e. The highest BCUT2D eigenvalue weighted by molar-refractivity contribution is 5.95. The van der Waals surface area contributed by atoms with E-state index in [9.17, 15) is 39.3 Å². The first-order chi connectivity index (χ1) is 16.2. The molecule has 194 valence electrons. The quantitative estimate of drug-likeness (QED) is 0.154. The van der Waals surface area contributed by atoms with Gasteiger partial charge in [0.2, 0.25) is 17.7 Å². The van der Waals surface area contributed by atoms with E-state index in [0.717, 1.165) is 0 Å². The Morgan fingerprint density at radius 2 is 1.40 bits per heavy atom. The maximum atomic E-state index is 12.7. The Morgan fingerprint density at radius 3 is 1.86 bits per heavy atom. The third kappa shape index (κ3) is 9.59. The average molecular weight is 497 g/mol. The molecule has 35 heavy (non-hydrogen) atoms. The topological polar surface area (TPSA) is 228 Å². The number of carboxylic acid groups (broad SMARTS) is 2. The molecule has 0 aliphatic heterocycles. The Kier molecular flexibility index (Phi) is 11.1. The Balaban J connectivity index is 2.94. The molecule has 1 rings (SSSR count). The second kappa shape index (κ2) is 13.2. The summed E-state index contributed by atoms with van der Waals surface area (Å²) in [7, 11) is 0. The van der Waals surface area contributed by atoms with Gasteiger partial charge in [0.25, 0.3) is 0 Å². The second-order valence-corrected chi connectivity index (χ2v) is 8.43. The minimum absolute atomic E-state index is 0.0183. The lowest BCUT2D eigenvalue weighted by atomic mass is 10.0. The van der Waals surface area contributed by atoms with Gasteiger partial charge in [-0.1, -0.05) is 26.0 Å². The third-order valence-electron chi connectivity index (χ3n) is 5.03. The molecule has 0 fully saturated rings. The van der Waals surface area contributed by atoms with Gasteiger partial charge in [0.1, 0.15) is 23.9 Å². The van der Waals surface area contributed by atoms with Crippen LogP contribution in [0, 0.1) is 5.92 Å². The van der Waals surface area contributed by atoms with Gasteiger partial charge in [0.05, 0.1) is 18.6 Å². The van der Waals surface area contributed by atoms with E-state index in [-0.39, 0.29) is 12.2 Å². The van der Waals surface area contributed by atoms with E-state index in [1.807, 2.05) is 0 Å². The fourth-order valence-corrected chi connectivity index (χ4v) is 3.06. The number of aliphatic hydroxyl groups is 1. The van der Waals surface area contributed by atoms with Crippen molar-refractivity contribution < 1.29 is 44.4 Å². The highest BCUT2D eigenvalue weighted by atomic mass is 16.4. The summed E-state index contributed by atoms with van der Waals surface area (Å²) in [6, 6.07) is 0.151. The summed E-state index contributed by atoms with van der Waals surface area (Å²) in [5.41, 5.74) is 6.47. The van der Waals surface area contributed by atoms with Crippen LogP contribution in [0.4, 0.5) is 0 Å². The van der Waals surface area contributed by atoms with Gasteiger partial charge >= 0.3 is 11.9 Å². The Bertz CT molecular complexity index is 918. The molecule has 0 saturated heterocycles. The van der Waals surface area contributed by atoms with Crippen LogP contribution in [-0.4, -0.2) is 80.4 Å². The molecule has 13 nitrogen and oxygen atoms in total. The van der Waals surface area contributed by atoms with Gasteiger partial charge in [-0.2, -0.15) is 0 Å². The van der Waals surface area contributed by atoms with Crippen molar-refractivity contribution >= 4 is 29.7 Å². The van der Waals surface area contributed by atoms with Crippen LogP contribution < -0.4 is 21.7 Å². The van der Waals surface area contributed by atoms with Crippen LogP contribution in [0.25, 0.3) is 0 Å². The SMILES string of the molecule is CC(C)C(NC(=O)C(NC(=O)C(CC(=O)O)NC(=O)C(N)Cc1ccc(O)cc1)C(C)O)C(=O)O. The van der Waals surface area contributed by atoms with Crippen LogP contribution in [-0.2, 0) is 30.4 Å². The summed E-state index contributed by atoms with van der Waals surface area (Å²) in [6.45, 7) is 4.28. The van der Waals surface area contributed by atoms with Crippen molar-refractivity contribution in [3.63, 3.8) is 0 Å². The molecule has 9 N–H and O–H groups in total. The monoisotopic (exact) mass is 496 g/mol. The van der Waals surface area contributed by atoms with Crippen LogP contribution in [0.5, 0.6) is 5.75 Å². The van der Waals surface area contributed by atoms with Gasteiger partial charge < -0.3 is 42.1 Å². The molecule has 0 saturated carbocycles. The first-order valence-electron chi connectivity index (χ1n) is 10.8. The lowest BCUT2D eigenvalue weighted by Crippen LogP contribution is -2.60. The van der Waals surface area contributed by atoms with Crippen molar-refractivity contribution in [2.45, 2.75) is 63.9 Å². The van der Waals surface area contributed by atoms with Gasteiger partial charge in [0, 0.05) is 0 Å². The van der Waals surface area contributed by atoms with E-state index < -0.39 is 72.3 Å². The lowest BCUT2D eigenvalue weighted by molar-refractivity contribution is -0.145. The summed E-state index contributed by atoms with van der Waals surface area (Å²) in [6.07, 6.45) is -2.29. The fourth-order valence-electron chi connectivity index (χ4n) is 3.06.